The Morgan fingerprint density at radius 3 is 2.38 bits per heavy atom. The van der Waals surface area contributed by atoms with Gasteiger partial charge in [0, 0.05) is 19.3 Å². The third kappa shape index (κ3) is 5.99. The summed E-state index contributed by atoms with van der Waals surface area (Å²) in [6.07, 6.45) is 1.68. The van der Waals surface area contributed by atoms with E-state index in [1.54, 1.807) is 19.1 Å². The van der Waals surface area contributed by atoms with Crippen LogP contribution in [0.3, 0.4) is 0 Å². The molecule has 1 aliphatic rings. The van der Waals surface area contributed by atoms with Gasteiger partial charge in [0.25, 0.3) is 0 Å². The van der Waals surface area contributed by atoms with Crippen LogP contribution in [0.5, 0.6) is 0 Å². The number of carboxylic acid groups (broad SMARTS) is 1. The molecule has 1 amide bonds. The molecule has 0 spiro atoms. The van der Waals surface area contributed by atoms with Gasteiger partial charge in [0.1, 0.15) is 6.61 Å². The maximum absolute atomic E-state index is 11.4. The number of amides is 1. The van der Waals surface area contributed by atoms with Crippen LogP contribution in [0.4, 0.5) is 4.79 Å². The smallest absolute Gasteiger partial charge is 0.407 e. The molecule has 1 N–H and O–H groups in total. The SMILES string of the molecule is CC(=NOCCOC1CCN(C(=O)O)CC1)c1ccc(S(C)(=O)=O)cc1. The molecule has 1 aromatic rings. The van der Waals surface area contributed by atoms with Crippen LogP contribution in [-0.2, 0) is 19.4 Å². The van der Waals surface area contributed by atoms with E-state index in [0.29, 0.717) is 38.2 Å². The van der Waals surface area contributed by atoms with Crippen molar-refractivity contribution >= 4 is 21.6 Å². The topological polar surface area (TPSA) is 106 Å². The molecule has 0 radical (unpaired) electrons. The zero-order valence-corrected chi connectivity index (χ0v) is 15.7. The van der Waals surface area contributed by atoms with Crippen LogP contribution in [-0.4, -0.2) is 68.9 Å². The van der Waals surface area contributed by atoms with Gasteiger partial charge in [-0.25, -0.2) is 13.2 Å². The minimum Gasteiger partial charge on any atom is -0.465 e. The molecule has 0 aromatic heterocycles. The van der Waals surface area contributed by atoms with Gasteiger partial charge in [-0.2, -0.15) is 0 Å². The summed E-state index contributed by atoms with van der Waals surface area (Å²) in [7, 11) is -3.21. The van der Waals surface area contributed by atoms with Crippen LogP contribution in [0.15, 0.2) is 34.3 Å². The second kappa shape index (κ2) is 9.00. The van der Waals surface area contributed by atoms with Gasteiger partial charge in [0.15, 0.2) is 9.84 Å². The number of likely N-dealkylation sites (tertiary alicyclic amines) is 1. The number of piperidine rings is 1. The van der Waals surface area contributed by atoms with Gasteiger partial charge in [-0.3, -0.25) is 0 Å². The first-order chi connectivity index (χ1) is 12.3. The molecule has 9 heteroatoms. The predicted octanol–water partition coefficient (Wildman–Crippen LogP) is 1.99. The van der Waals surface area contributed by atoms with Gasteiger partial charge in [-0.15, -0.1) is 0 Å². The van der Waals surface area contributed by atoms with Gasteiger partial charge < -0.3 is 19.6 Å². The molecule has 1 heterocycles. The van der Waals surface area contributed by atoms with E-state index in [4.69, 9.17) is 14.7 Å². The van der Waals surface area contributed by atoms with Crippen LogP contribution in [0.2, 0.25) is 0 Å². The maximum atomic E-state index is 11.4. The molecule has 8 nitrogen and oxygen atoms in total. The lowest BCUT2D eigenvalue weighted by Crippen LogP contribution is -2.40. The molecule has 0 saturated carbocycles. The highest BCUT2D eigenvalue weighted by atomic mass is 32.2. The van der Waals surface area contributed by atoms with E-state index in [1.165, 1.54) is 17.0 Å². The Kier molecular flexibility index (Phi) is 6.98. The molecule has 1 aliphatic heterocycles. The average Bonchev–Trinajstić information content (AvgIpc) is 2.61. The predicted molar refractivity (Wildman–Crippen MR) is 96.3 cm³/mol. The number of nitrogens with zero attached hydrogens (tertiary/aromatic N) is 2. The largest absolute Gasteiger partial charge is 0.465 e. The van der Waals surface area contributed by atoms with E-state index >= 15 is 0 Å². The van der Waals surface area contributed by atoms with Crippen molar-refractivity contribution in [3.8, 4) is 0 Å². The molecule has 26 heavy (non-hydrogen) atoms. The van der Waals surface area contributed by atoms with Crippen LogP contribution < -0.4 is 0 Å². The first-order valence-corrected chi connectivity index (χ1v) is 10.2. The van der Waals surface area contributed by atoms with Crippen molar-refractivity contribution in [2.45, 2.75) is 30.8 Å². The number of oxime groups is 1. The summed E-state index contributed by atoms with van der Waals surface area (Å²) < 4.78 is 28.5. The van der Waals surface area contributed by atoms with Crippen LogP contribution in [0, 0.1) is 0 Å². The van der Waals surface area contributed by atoms with Crippen molar-refractivity contribution in [3.05, 3.63) is 29.8 Å². The van der Waals surface area contributed by atoms with Gasteiger partial charge in [-0.1, -0.05) is 17.3 Å². The molecular formula is C17H24N2O6S. The minimum atomic E-state index is -3.21. The number of hydrogen-bond donors (Lipinski definition) is 1. The molecule has 1 saturated heterocycles. The highest BCUT2D eigenvalue weighted by Crippen LogP contribution is 2.14. The summed E-state index contributed by atoms with van der Waals surface area (Å²) in [5, 5.41) is 12.9. The van der Waals surface area contributed by atoms with Crippen LogP contribution >= 0.6 is 0 Å². The van der Waals surface area contributed by atoms with Gasteiger partial charge in [0.05, 0.1) is 23.3 Å². The summed E-state index contributed by atoms with van der Waals surface area (Å²) in [4.78, 5) is 17.7. The fourth-order valence-corrected chi connectivity index (χ4v) is 3.23. The van der Waals surface area contributed by atoms with Gasteiger partial charge in [-0.05, 0) is 37.5 Å². The zero-order valence-electron chi connectivity index (χ0n) is 14.9. The lowest BCUT2D eigenvalue weighted by molar-refractivity contribution is -0.0192. The second-order valence-electron chi connectivity index (χ2n) is 6.15. The summed E-state index contributed by atoms with van der Waals surface area (Å²) in [6.45, 7) is 3.42. The molecular weight excluding hydrogens is 360 g/mol. The summed E-state index contributed by atoms with van der Waals surface area (Å²) in [5.74, 6) is 0. The number of ether oxygens (including phenoxy) is 1. The van der Waals surface area contributed by atoms with E-state index in [1.807, 2.05) is 0 Å². The number of rotatable bonds is 7. The molecule has 1 fully saturated rings. The Labute approximate surface area is 153 Å². The summed E-state index contributed by atoms with van der Waals surface area (Å²) >= 11 is 0. The minimum absolute atomic E-state index is 0.0443. The summed E-state index contributed by atoms with van der Waals surface area (Å²) in [5.41, 5.74) is 1.42. The second-order valence-corrected chi connectivity index (χ2v) is 8.16. The van der Waals surface area contributed by atoms with Crippen molar-refractivity contribution in [1.82, 2.24) is 4.90 Å². The van der Waals surface area contributed by atoms with Crippen molar-refractivity contribution < 1.29 is 27.9 Å². The molecule has 1 aromatic carbocycles. The van der Waals surface area contributed by atoms with Crippen molar-refractivity contribution in [2.75, 3.05) is 32.6 Å². The Bertz CT molecular complexity index is 737. The zero-order chi connectivity index (χ0) is 19.2. The van der Waals surface area contributed by atoms with E-state index in [2.05, 4.69) is 5.16 Å². The maximum Gasteiger partial charge on any atom is 0.407 e. The van der Waals surface area contributed by atoms with Crippen LogP contribution in [0.1, 0.15) is 25.3 Å². The highest BCUT2D eigenvalue weighted by Gasteiger charge is 2.22. The quantitative estimate of drug-likeness (QED) is 0.438. The lowest BCUT2D eigenvalue weighted by atomic mass is 10.1. The molecule has 0 unspecified atom stereocenters. The van der Waals surface area contributed by atoms with E-state index in [-0.39, 0.29) is 17.6 Å². The molecule has 0 bridgehead atoms. The molecule has 2 rings (SSSR count). The lowest BCUT2D eigenvalue weighted by Gasteiger charge is -2.29. The Morgan fingerprint density at radius 1 is 1.23 bits per heavy atom. The van der Waals surface area contributed by atoms with E-state index < -0.39 is 15.9 Å². The fourth-order valence-electron chi connectivity index (χ4n) is 2.60. The van der Waals surface area contributed by atoms with Gasteiger partial charge in [0.2, 0.25) is 0 Å². The number of hydrogen-bond acceptors (Lipinski definition) is 6. The summed E-state index contributed by atoms with van der Waals surface area (Å²) in [6, 6.07) is 6.45. The van der Waals surface area contributed by atoms with Crippen molar-refractivity contribution in [2.24, 2.45) is 5.16 Å². The van der Waals surface area contributed by atoms with E-state index in [0.717, 1.165) is 11.8 Å². The fraction of sp³-hybridized carbons (Fsp3) is 0.529. The van der Waals surface area contributed by atoms with E-state index in [9.17, 15) is 13.2 Å². The molecule has 144 valence electrons. The average molecular weight is 384 g/mol. The number of benzene rings is 1. The molecule has 0 atom stereocenters. The van der Waals surface area contributed by atoms with Crippen molar-refractivity contribution in [1.29, 1.82) is 0 Å². The third-order valence-electron chi connectivity index (χ3n) is 4.14. The first kappa shape index (κ1) is 20.2. The van der Waals surface area contributed by atoms with Crippen LogP contribution in [0.25, 0.3) is 0 Å². The first-order valence-electron chi connectivity index (χ1n) is 8.34. The Morgan fingerprint density at radius 2 is 1.85 bits per heavy atom. The molecule has 0 aliphatic carbocycles. The number of carbonyl (C=O) groups is 1. The Hall–Kier alpha value is -2.13. The van der Waals surface area contributed by atoms with Crippen molar-refractivity contribution in [3.63, 3.8) is 0 Å². The third-order valence-corrected chi connectivity index (χ3v) is 5.27. The highest BCUT2D eigenvalue weighted by molar-refractivity contribution is 7.90. The van der Waals surface area contributed by atoms with Gasteiger partial charge >= 0.3 is 6.09 Å². The normalized spacial score (nSPS) is 16.5. The number of sulfone groups is 1. The monoisotopic (exact) mass is 384 g/mol. The standard InChI is InChI=1S/C17H24N2O6S/c1-13(14-3-5-16(6-4-14)26(2,22)23)18-25-12-11-24-15-7-9-19(10-8-15)17(20)21/h3-6,15H,7-12H2,1-2H3,(H,20,21). The Balaban J connectivity index is 1.71.